The van der Waals surface area contributed by atoms with E-state index >= 15 is 0 Å². The fourth-order valence-electron chi connectivity index (χ4n) is 11.1. The predicted molar refractivity (Wildman–Crippen MR) is 316 cm³/mol. The summed E-state index contributed by atoms with van der Waals surface area (Å²) < 4.78 is 0. The molecule has 0 rings (SSSR count). The molecule has 0 saturated carbocycles. The van der Waals surface area contributed by atoms with E-state index in [0.717, 1.165) is 38.5 Å². The summed E-state index contributed by atoms with van der Waals surface area (Å²) in [6.07, 6.45) is 73.6. The summed E-state index contributed by atoms with van der Waals surface area (Å²) in [6, 6.07) is -0.982. The van der Waals surface area contributed by atoms with Gasteiger partial charge in [-0.3, -0.25) is 4.79 Å². The van der Waals surface area contributed by atoms with E-state index in [0.29, 0.717) is 12.8 Å². The molecule has 0 aliphatic heterocycles. The summed E-state index contributed by atoms with van der Waals surface area (Å²) in [5.41, 5.74) is 0. The summed E-state index contributed by atoms with van der Waals surface area (Å²) in [7, 11) is 0. The van der Waals surface area contributed by atoms with Crippen LogP contribution in [0.25, 0.3) is 0 Å². The molecule has 0 aromatic rings. The van der Waals surface area contributed by atoms with Crippen molar-refractivity contribution in [2.24, 2.45) is 0 Å². The second-order valence-electron chi connectivity index (χ2n) is 23.5. The highest BCUT2D eigenvalue weighted by molar-refractivity contribution is 5.80. The van der Waals surface area contributed by atoms with Crippen LogP contribution in [-0.4, -0.2) is 57.3 Å². The van der Waals surface area contributed by atoms with E-state index in [-0.39, 0.29) is 0 Å². The molecular weight excluding hydrogens is 887 g/mol. The molecule has 0 radical (unpaired) electrons. The molecule has 0 aromatic heterocycles. The molecular formula is C66H133NO5. The summed E-state index contributed by atoms with van der Waals surface area (Å²) in [6.45, 7) is 4.12. The van der Waals surface area contributed by atoms with E-state index in [1.165, 1.54) is 321 Å². The molecule has 0 bridgehead atoms. The molecule has 6 nitrogen and oxygen atoms in total. The highest BCUT2D eigenvalue weighted by atomic mass is 16.3. The second-order valence-corrected chi connectivity index (χ2v) is 23.5. The Labute approximate surface area is 451 Å². The molecule has 0 spiro atoms. The molecule has 5 N–H and O–H groups in total. The van der Waals surface area contributed by atoms with Gasteiger partial charge in [-0.2, -0.15) is 0 Å². The zero-order chi connectivity index (χ0) is 52.3. The number of nitrogens with one attached hydrogen (secondary N) is 1. The van der Waals surface area contributed by atoms with Crippen LogP contribution in [0.2, 0.25) is 0 Å². The summed E-state index contributed by atoms with van der Waals surface area (Å²) in [5.74, 6) is -0.573. The maximum atomic E-state index is 12.6. The van der Waals surface area contributed by atoms with Crippen molar-refractivity contribution in [1.29, 1.82) is 0 Å². The van der Waals surface area contributed by atoms with Gasteiger partial charge >= 0.3 is 0 Å². The van der Waals surface area contributed by atoms with E-state index in [1.807, 2.05) is 0 Å². The van der Waals surface area contributed by atoms with Gasteiger partial charge in [0.05, 0.1) is 18.8 Å². The van der Waals surface area contributed by atoms with Gasteiger partial charge in [-0.15, -0.1) is 0 Å². The summed E-state index contributed by atoms with van der Waals surface area (Å²) in [4.78, 5) is 12.6. The lowest BCUT2D eigenvalue weighted by molar-refractivity contribution is -0.132. The van der Waals surface area contributed by atoms with Crippen LogP contribution in [0.4, 0.5) is 0 Å². The molecule has 6 heteroatoms. The van der Waals surface area contributed by atoms with Gasteiger partial charge < -0.3 is 25.7 Å². The van der Waals surface area contributed by atoms with Crippen molar-refractivity contribution in [3.63, 3.8) is 0 Å². The van der Waals surface area contributed by atoms with Crippen molar-refractivity contribution in [2.45, 2.75) is 411 Å². The van der Waals surface area contributed by atoms with Crippen molar-refractivity contribution in [3.05, 3.63) is 0 Å². The number of unbranched alkanes of at least 4 members (excludes halogenated alkanes) is 54. The lowest BCUT2D eigenvalue weighted by atomic mass is 9.99. The van der Waals surface area contributed by atoms with Gasteiger partial charge in [0.15, 0.2) is 0 Å². The van der Waals surface area contributed by atoms with Gasteiger partial charge in [0.2, 0.25) is 5.91 Å². The Bertz CT molecular complexity index is 1010. The first-order valence-corrected chi connectivity index (χ1v) is 33.4. The topological polar surface area (TPSA) is 110 Å². The van der Waals surface area contributed by atoms with Crippen molar-refractivity contribution in [1.82, 2.24) is 5.32 Å². The standard InChI is InChI=1S/C66H133NO5/c1-3-5-7-9-11-13-15-17-19-21-23-25-27-29-30-31-32-33-34-36-37-39-41-43-45-47-49-51-53-55-57-59-63(69)65(71)62(61-68)67-66(72)64(70)60-58-56-54-52-50-48-46-44-42-40-38-35-28-26-24-22-20-18-16-14-12-10-8-6-4-2/h62-65,68-71H,3-61H2,1-2H3,(H,67,72). The predicted octanol–water partition coefficient (Wildman–Crippen LogP) is 20.2. The average molecular weight is 1020 g/mol. The Hall–Kier alpha value is -0.690. The first-order chi connectivity index (χ1) is 35.5. The first kappa shape index (κ1) is 71.3. The van der Waals surface area contributed by atoms with E-state index in [2.05, 4.69) is 19.2 Å². The molecule has 0 aliphatic rings. The number of carbonyl (C=O) groups is 1. The maximum Gasteiger partial charge on any atom is 0.249 e. The van der Waals surface area contributed by atoms with Crippen LogP contribution in [-0.2, 0) is 4.79 Å². The van der Waals surface area contributed by atoms with Crippen LogP contribution in [0.1, 0.15) is 386 Å². The third-order valence-corrected chi connectivity index (χ3v) is 16.3. The minimum Gasteiger partial charge on any atom is -0.394 e. The normalized spacial score (nSPS) is 13.5. The lowest BCUT2D eigenvalue weighted by Gasteiger charge is -2.27. The Morgan fingerprint density at radius 2 is 0.472 bits per heavy atom. The molecule has 432 valence electrons. The third kappa shape index (κ3) is 54.1. The van der Waals surface area contributed by atoms with Gasteiger partial charge in [-0.05, 0) is 12.8 Å². The van der Waals surface area contributed by atoms with Crippen molar-refractivity contribution in [3.8, 4) is 0 Å². The van der Waals surface area contributed by atoms with Crippen LogP contribution >= 0.6 is 0 Å². The van der Waals surface area contributed by atoms with Crippen LogP contribution in [0, 0.1) is 0 Å². The molecule has 4 atom stereocenters. The smallest absolute Gasteiger partial charge is 0.249 e. The maximum absolute atomic E-state index is 12.6. The van der Waals surface area contributed by atoms with Crippen molar-refractivity contribution >= 4 is 5.91 Å². The second kappa shape index (κ2) is 61.2. The van der Waals surface area contributed by atoms with Crippen LogP contribution in [0.3, 0.4) is 0 Å². The molecule has 1 amide bonds. The number of amides is 1. The Kier molecular flexibility index (Phi) is 60.6. The molecule has 4 unspecified atom stereocenters. The van der Waals surface area contributed by atoms with E-state index in [9.17, 15) is 25.2 Å². The lowest BCUT2D eigenvalue weighted by Crippen LogP contribution is -2.53. The van der Waals surface area contributed by atoms with E-state index < -0.39 is 36.9 Å². The van der Waals surface area contributed by atoms with Crippen LogP contribution in [0.5, 0.6) is 0 Å². The molecule has 0 aliphatic carbocycles. The third-order valence-electron chi connectivity index (χ3n) is 16.3. The summed E-state index contributed by atoms with van der Waals surface area (Å²) in [5, 5.41) is 44.2. The Balaban J connectivity index is 3.52. The fraction of sp³-hybridized carbons (Fsp3) is 0.985. The van der Waals surface area contributed by atoms with Gasteiger partial charge in [0.1, 0.15) is 12.2 Å². The monoisotopic (exact) mass is 1020 g/mol. The van der Waals surface area contributed by atoms with Gasteiger partial charge in [0.25, 0.3) is 0 Å². The van der Waals surface area contributed by atoms with Crippen LogP contribution < -0.4 is 5.32 Å². The molecule has 72 heavy (non-hydrogen) atoms. The van der Waals surface area contributed by atoms with Gasteiger partial charge in [-0.1, -0.05) is 373 Å². The summed E-state index contributed by atoms with van der Waals surface area (Å²) >= 11 is 0. The van der Waals surface area contributed by atoms with Gasteiger partial charge in [0, 0.05) is 0 Å². The van der Waals surface area contributed by atoms with Gasteiger partial charge in [-0.25, -0.2) is 0 Å². The number of aliphatic hydroxyl groups excluding tert-OH is 4. The number of aliphatic hydroxyl groups is 4. The van der Waals surface area contributed by atoms with Crippen LogP contribution in [0.15, 0.2) is 0 Å². The Morgan fingerprint density at radius 1 is 0.292 bits per heavy atom. The van der Waals surface area contributed by atoms with E-state index in [4.69, 9.17) is 0 Å². The zero-order valence-electron chi connectivity index (χ0n) is 49.2. The van der Waals surface area contributed by atoms with E-state index in [1.54, 1.807) is 0 Å². The minimum atomic E-state index is -1.26. The number of carbonyl (C=O) groups excluding carboxylic acids is 1. The molecule has 0 heterocycles. The van der Waals surface area contributed by atoms with Crippen molar-refractivity contribution < 1.29 is 25.2 Å². The minimum absolute atomic E-state index is 0.377. The first-order valence-electron chi connectivity index (χ1n) is 33.4. The Morgan fingerprint density at radius 3 is 0.667 bits per heavy atom. The average Bonchev–Trinajstić information content (AvgIpc) is 3.39. The molecule has 0 saturated heterocycles. The quantitative estimate of drug-likeness (QED) is 0.0390. The molecule has 0 fully saturated rings. The SMILES string of the molecule is CCCCCCCCCCCCCCCCCCCCCCCCCCCCCCCCCC(O)C(O)C(CO)NC(=O)C(O)CCCCCCCCCCCCCCCCCCCCCCCCCCC. The fourth-order valence-corrected chi connectivity index (χ4v) is 11.1. The molecule has 0 aromatic carbocycles. The number of hydrogen-bond donors (Lipinski definition) is 5. The zero-order valence-corrected chi connectivity index (χ0v) is 49.2. The number of hydrogen-bond acceptors (Lipinski definition) is 5. The number of rotatable bonds is 63. The van der Waals surface area contributed by atoms with Crippen molar-refractivity contribution in [2.75, 3.05) is 6.61 Å². The highest BCUT2D eigenvalue weighted by Gasteiger charge is 2.28. The highest BCUT2D eigenvalue weighted by Crippen LogP contribution is 2.20. The largest absolute Gasteiger partial charge is 0.394 e.